The fourth-order valence-electron chi connectivity index (χ4n) is 3.53. The van der Waals surface area contributed by atoms with Crippen LogP contribution in [0.1, 0.15) is 12.0 Å². The molecule has 2 N–H and O–H groups in total. The molecule has 176 valence electrons. The van der Waals surface area contributed by atoms with E-state index in [4.69, 9.17) is 4.74 Å². The molecule has 0 aromatic heterocycles. The van der Waals surface area contributed by atoms with E-state index in [1.165, 1.54) is 23.1 Å². The van der Waals surface area contributed by atoms with Crippen molar-refractivity contribution in [2.45, 2.75) is 18.2 Å². The molecule has 0 unspecified atom stereocenters. The molecular formula is C24H22FN3O5S. The highest BCUT2D eigenvalue weighted by atomic mass is 32.2. The van der Waals surface area contributed by atoms with Crippen LogP contribution in [0.15, 0.2) is 71.6 Å². The van der Waals surface area contributed by atoms with Gasteiger partial charge in [0.1, 0.15) is 18.1 Å². The van der Waals surface area contributed by atoms with Crippen LogP contribution in [-0.2, 0) is 19.6 Å². The fourth-order valence-corrected chi connectivity index (χ4v) is 4.86. The number of anilines is 3. The van der Waals surface area contributed by atoms with Crippen LogP contribution in [0.2, 0.25) is 0 Å². The fraction of sp³-hybridized carbons (Fsp3) is 0.167. The SMILES string of the molecule is Cc1ccc(NC(=O)CN2C(=O)CCOc3ccccc32)cc1S(=O)(=O)Nc1ccc(F)cc1. The van der Waals surface area contributed by atoms with Gasteiger partial charge >= 0.3 is 0 Å². The van der Waals surface area contributed by atoms with Gasteiger partial charge in [0, 0.05) is 11.4 Å². The maximum Gasteiger partial charge on any atom is 0.262 e. The molecule has 0 spiro atoms. The van der Waals surface area contributed by atoms with Crippen molar-refractivity contribution in [3.8, 4) is 5.75 Å². The van der Waals surface area contributed by atoms with Gasteiger partial charge in [0.05, 0.1) is 23.6 Å². The summed E-state index contributed by atoms with van der Waals surface area (Å²) in [5.74, 6) is -0.725. The average molecular weight is 484 g/mol. The molecule has 10 heteroatoms. The third kappa shape index (κ3) is 5.18. The van der Waals surface area contributed by atoms with Gasteiger partial charge in [-0.05, 0) is 61.0 Å². The number of aryl methyl sites for hydroxylation is 1. The van der Waals surface area contributed by atoms with Gasteiger partial charge in [-0.1, -0.05) is 18.2 Å². The Labute approximate surface area is 196 Å². The number of rotatable bonds is 6. The number of carbonyl (C=O) groups excluding carboxylic acids is 2. The molecule has 1 heterocycles. The van der Waals surface area contributed by atoms with Crippen LogP contribution < -0.4 is 19.7 Å². The van der Waals surface area contributed by atoms with Crippen molar-refractivity contribution in [2.24, 2.45) is 0 Å². The molecule has 0 fully saturated rings. The van der Waals surface area contributed by atoms with E-state index < -0.39 is 21.7 Å². The van der Waals surface area contributed by atoms with E-state index in [0.717, 1.165) is 12.1 Å². The van der Waals surface area contributed by atoms with Crippen molar-refractivity contribution in [3.05, 3.63) is 78.1 Å². The Kier molecular flexibility index (Phi) is 6.51. The lowest BCUT2D eigenvalue weighted by Gasteiger charge is -2.21. The van der Waals surface area contributed by atoms with E-state index >= 15 is 0 Å². The molecule has 0 saturated heterocycles. The molecule has 0 bridgehead atoms. The second-order valence-electron chi connectivity index (χ2n) is 7.69. The average Bonchev–Trinajstić information content (AvgIpc) is 2.95. The molecule has 0 aliphatic carbocycles. The van der Waals surface area contributed by atoms with Gasteiger partial charge in [0.2, 0.25) is 11.8 Å². The quantitative estimate of drug-likeness (QED) is 0.557. The first-order valence-corrected chi connectivity index (χ1v) is 11.9. The predicted octanol–water partition coefficient (Wildman–Crippen LogP) is 3.69. The van der Waals surface area contributed by atoms with E-state index in [1.54, 1.807) is 43.3 Å². The highest BCUT2D eigenvalue weighted by molar-refractivity contribution is 7.92. The van der Waals surface area contributed by atoms with Crippen LogP contribution in [0.3, 0.4) is 0 Å². The summed E-state index contributed by atoms with van der Waals surface area (Å²) in [6, 6.07) is 16.3. The lowest BCUT2D eigenvalue weighted by atomic mass is 10.2. The van der Waals surface area contributed by atoms with Crippen molar-refractivity contribution in [2.75, 3.05) is 28.1 Å². The summed E-state index contributed by atoms with van der Waals surface area (Å²) < 4.78 is 46.9. The number of halogens is 1. The summed E-state index contributed by atoms with van der Waals surface area (Å²) in [4.78, 5) is 26.6. The van der Waals surface area contributed by atoms with Crippen LogP contribution in [0, 0.1) is 12.7 Å². The van der Waals surface area contributed by atoms with Crippen LogP contribution in [0.5, 0.6) is 5.75 Å². The monoisotopic (exact) mass is 483 g/mol. The maximum absolute atomic E-state index is 13.1. The zero-order valence-electron chi connectivity index (χ0n) is 18.2. The lowest BCUT2D eigenvalue weighted by Crippen LogP contribution is -2.37. The van der Waals surface area contributed by atoms with Gasteiger partial charge in [-0.25, -0.2) is 12.8 Å². The van der Waals surface area contributed by atoms with Crippen LogP contribution in [-0.4, -0.2) is 33.4 Å². The zero-order valence-corrected chi connectivity index (χ0v) is 19.1. The second kappa shape index (κ2) is 9.52. The highest BCUT2D eigenvalue weighted by Crippen LogP contribution is 2.31. The molecule has 4 rings (SSSR count). The Morgan fingerprint density at radius 3 is 2.53 bits per heavy atom. The van der Waals surface area contributed by atoms with Gasteiger partial charge in [0.25, 0.3) is 10.0 Å². The number of ether oxygens (including phenoxy) is 1. The van der Waals surface area contributed by atoms with Crippen molar-refractivity contribution in [1.29, 1.82) is 0 Å². The molecule has 0 atom stereocenters. The Hall–Kier alpha value is -3.92. The number of nitrogens with one attached hydrogen (secondary N) is 2. The number of sulfonamides is 1. The lowest BCUT2D eigenvalue weighted by molar-refractivity contribution is -0.121. The molecule has 0 saturated carbocycles. The Morgan fingerprint density at radius 1 is 1.06 bits per heavy atom. The van der Waals surface area contributed by atoms with E-state index in [1.807, 2.05) is 0 Å². The number of hydrogen-bond acceptors (Lipinski definition) is 5. The van der Waals surface area contributed by atoms with Gasteiger partial charge in [-0.3, -0.25) is 19.2 Å². The summed E-state index contributed by atoms with van der Waals surface area (Å²) in [6.07, 6.45) is 0.129. The Bertz CT molecular complexity index is 1340. The largest absolute Gasteiger partial charge is 0.491 e. The molecule has 3 aromatic rings. The van der Waals surface area contributed by atoms with Gasteiger partial charge < -0.3 is 10.1 Å². The minimum absolute atomic E-state index is 0.0424. The van der Waals surface area contributed by atoms with Gasteiger partial charge in [-0.2, -0.15) is 0 Å². The number of nitrogens with zero attached hydrogens (tertiary/aromatic N) is 1. The summed E-state index contributed by atoms with van der Waals surface area (Å²) >= 11 is 0. The second-order valence-corrected chi connectivity index (χ2v) is 9.34. The smallest absolute Gasteiger partial charge is 0.262 e. The third-order valence-electron chi connectivity index (χ3n) is 5.19. The molecule has 2 amide bonds. The number of hydrogen-bond donors (Lipinski definition) is 2. The van der Waals surface area contributed by atoms with E-state index in [2.05, 4.69) is 10.0 Å². The van der Waals surface area contributed by atoms with Crippen molar-refractivity contribution >= 4 is 38.9 Å². The first-order valence-electron chi connectivity index (χ1n) is 10.4. The summed E-state index contributed by atoms with van der Waals surface area (Å²) in [5, 5.41) is 2.66. The summed E-state index contributed by atoms with van der Waals surface area (Å²) in [6.45, 7) is 1.58. The molecule has 1 aliphatic rings. The van der Waals surface area contributed by atoms with Crippen molar-refractivity contribution < 1.29 is 27.1 Å². The van der Waals surface area contributed by atoms with Crippen LogP contribution >= 0.6 is 0 Å². The molecule has 3 aromatic carbocycles. The molecule has 34 heavy (non-hydrogen) atoms. The zero-order chi connectivity index (χ0) is 24.3. The number of benzene rings is 3. The molecule has 1 aliphatic heterocycles. The minimum atomic E-state index is -4.00. The molecular weight excluding hydrogens is 461 g/mol. The van der Waals surface area contributed by atoms with Gasteiger partial charge in [0.15, 0.2) is 0 Å². The normalized spacial score (nSPS) is 13.5. The molecule has 0 radical (unpaired) electrons. The van der Waals surface area contributed by atoms with E-state index in [9.17, 15) is 22.4 Å². The predicted molar refractivity (Wildman–Crippen MR) is 126 cm³/mol. The minimum Gasteiger partial charge on any atom is -0.491 e. The third-order valence-corrected chi connectivity index (χ3v) is 6.71. The summed E-state index contributed by atoms with van der Waals surface area (Å²) in [5.41, 5.74) is 1.41. The maximum atomic E-state index is 13.1. The van der Waals surface area contributed by atoms with E-state index in [-0.39, 0.29) is 41.7 Å². The van der Waals surface area contributed by atoms with Crippen molar-refractivity contribution in [3.63, 3.8) is 0 Å². The number of amides is 2. The van der Waals surface area contributed by atoms with Crippen molar-refractivity contribution in [1.82, 2.24) is 0 Å². The topological polar surface area (TPSA) is 105 Å². The standard InChI is InChI=1S/C24H22FN3O5S/c1-16-6-9-19(14-22(16)34(31,32)27-18-10-7-17(25)8-11-18)26-23(29)15-28-20-4-2-3-5-21(20)33-13-12-24(28)30/h2-11,14,27H,12-13,15H2,1H3,(H,26,29). The first kappa shape index (κ1) is 23.2. The highest BCUT2D eigenvalue weighted by Gasteiger charge is 2.25. The Morgan fingerprint density at radius 2 is 1.76 bits per heavy atom. The number of fused-ring (bicyclic) bond motifs is 1. The van der Waals surface area contributed by atoms with Crippen LogP contribution in [0.4, 0.5) is 21.5 Å². The first-order chi connectivity index (χ1) is 16.2. The Balaban J connectivity index is 1.52. The van der Waals surface area contributed by atoms with Gasteiger partial charge in [-0.15, -0.1) is 0 Å². The number of carbonyl (C=O) groups is 2. The summed E-state index contributed by atoms with van der Waals surface area (Å²) in [7, 11) is -4.00. The van der Waals surface area contributed by atoms with Crippen LogP contribution in [0.25, 0.3) is 0 Å². The number of para-hydroxylation sites is 2. The van der Waals surface area contributed by atoms with E-state index in [0.29, 0.717) is 17.0 Å². The molecule has 8 nitrogen and oxygen atoms in total.